The summed E-state index contributed by atoms with van der Waals surface area (Å²) in [4.78, 5) is 23.0. The molecule has 1 aromatic carbocycles. The van der Waals surface area contributed by atoms with Crippen LogP contribution in [-0.2, 0) is 4.79 Å². The zero-order chi connectivity index (χ0) is 15.6. The van der Waals surface area contributed by atoms with Crippen LogP contribution in [0.3, 0.4) is 0 Å². The van der Waals surface area contributed by atoms with E-state index in [1.807, 2.05) is 0 Å². The number of aliphatic carboxylic acids is 1. The summed E-state index contributed by atoms with van der Waals surface area (Å²) in [6, 6.07) is 2.07. The third-order valence-corrected chi connectivity index (χ3v) is 4.27. The summed E-state index contributed by atoms with van der Waals surface area (Å²) in [6.07, 6.45) is 2.19. The van der Waals surface area contributed by atoms with Gasteiger partial charge in [0.25, 0.3) is 5.91 Å². The molecular weight excluding hydrogens is 320 g/mol. The lowest BCUT2D eigenvalue weighted by atomic mass is 9.86. The molecule has 0 radical (unpaired) electrons. The Kier molecular flexibility index (Phi) is 5.06. The van der Waals surface area contributed by atoms with E-state index < -0.39 is 17.7 Å². The minimum Gasteiger partial charge on any atom is -0.481 e. The van der Waals surface area contributed by atoms with E-state index in [1.165, 1.54) is 6.07 Å². The molecule has 4 nitrogen and oxygen atoms in total. The van der Waals surface area contributed by atoms with Crippen molar-refractivity contribution < 1.29 is 19.1 Å². The van der Waals surface area contributed by atoms with Gasteiger partial charge in [0, 0.05) is 6.04 Å². The number of amides is 1. The van der Waals surface area contributed by atoms with Crippen LogP contribution in [0, 0.1) is 11.7 Å². The Labute approximate surface area is 131 Å². The highest BCUT2D eigenvalue weighted by atomic mass is 35.5. The average molecular weight is 334 g/mol. The number of carbonyl (C=O) groups is 2. The van der Waals surface area contributed by atoms with E-state index in [0.717, 1.165) is 6.07 Å². The lowest BCUT2D eigenvalue weighted by Crippen LogP contribution is -2.38. The van der Waals surface area contributed by atoms with Crippen LogP contribution in [0.4, 0.5) is 4.39 Å². The second-order valence-corrected chi connectivity index (χ2v) is 5.92. The van der Waals surface area contributed by atoms with E-state index in [1.54, 1.807) is 0 Å². The van der Waals surface area contributed by atoms with Crippen LogP contribution >= 0.6 is 23.2 Å². The molecule has 1 aromatic rings. The van der Waals surface area contributed by atoms with Crippen molar-refractivity contribution >= 4 is 35.1 Å². The third kappa shape index (κ3) is 3.86. The summed E-state index contributed by atoms with van der Waals surface area (Å²) in [6.45, 7) is 0. The molecule has 0 spiro atoms. The lowest BCUT2D eigenvalue weighted by Gasteiger charge is -2.27. The summed E-state index contributed by atoms with van der Waals surface area (Å²) in [5, 5.41) is 11.6. The van der Waals surface area contributed by atoms with Crippen molar-refractivity contribution in [2.45, 2.75) is 31.7 Å². The molecule has 0 bridgehead atoms. The Morgan fingerprint density at radius 2 is 1.76 bits per heavy atom. The lowest BCUT2D eigenvalue weighted by molar-refractivity contribution is -0.142. The fraction of sp³-hybridized carbons (Fsp3) is 0.429. The fourth-order valence-corrected chi connectivity index (χ4v) is 2.91. The molecule has 1 aliphatic carbocycles. The molecule has 1 aliphatic rings. The van der Waals surface area contributed by atoms with E-state index in [2.05, 4.69) is 5.32 Å². The Balaban J connectivity index is 2.00. The van der Waals surface area contributed by atoms with Crippen LogP contribution in [0.1, 0.15) is 36.0 Å². The highest BCUT2D eigenvalue weighted by Crippen LogP contribution is 2.27. The second-order valence-electron chi connectivity index (χ2n) is 5.11. The Hall–Kier alpha value is -1.33. The van der Waals surface area contributed by atoms with Gasteiger partial charge in [-0.2, -0.15) is 0 Å². The van der Waals surface area contributed by atoms with Crippen molar-refractivity contribution in [1.29, 1.82) is 0 Å². The third-order valence-electron chi connectivity index (χ3n) is 3.67. The number of rotatable bonds is 3. The first-order chi connectivity index (χ1) is 9.88. The molecule has 0 heterocycles. The largest absolute Gasteiger partial charge is 0.481 e. The molecule has 1 fully saturated rings. The van der Waals surface area contributed by atoms with Gasteiger partial charge < -0.3 is 10.4 Å². The summed E-state index contributed by atoms with van der Waals surface area (Å²) in [5.74, 6) is -2.34. The maximum Gasteiger partial charge on any atom is 0.306 e. The minimum atomic E-state index is -0.803. The van der Waals surface area contributed by atoms with Gasteiger partial charge in [0.2, 0.25) is 0 Å². The van der Waals surface area contributed by atoms with Crippen LogP contribution < -0.4 is 5.32 Å². The normalized spacial score (nSPS) is 21.9. The number of nitrogens with one attached hydrogen (secondary N) is 1. The molecule has 0 atom stereocenters. The van der Waals surface area contributed by atoms with Gasteiger partial charge in [-0.15, -0.1) is 0 Å². The van der Waals surface area contributed by atoms with Crippen LogP contribution in [0.5, 0.6) is 0 Å². The highest BCUT2D eigenvalue weighted by Gasteiger charge is 2.27. The molecule has 1 saturated carbocycles. The molecule has 0 saturated heterocycles. The first kappa shape index (κ1) is 16.0. The predicted octanol–water partition coefficient (Wildman–Crippen LogP) is 3.51. The van der Waals surface area contributed by atoms with Gasteiger partial charge in [-0.1, -0.05) is 23.2 Å². The highest BCUT2D eigenvalue weighted by molar-refractivity contribution is 6.36. The zero-order valence-corrected chi connectivity index (χ0v) is 12.5. The monoisotopic (exact) mass is 333 g/mol. The van der Waals surface area contributed by atoms with E-state index in [9.17, 15) is 14.0 Å². The van der Waals surface area contributed by atoms with Gasteiger partial charge in [-0.25, -0.2) is 4.39 Å². The van der Waals surface area contributed by atoms with Crippen LogP contribution in [0.15, 0.2) is 12.1 Å². The molecule has 7 heteroatoms. The van der Waals surface area contributed by atoms with Crippen molar-refractivity contribution in [2.75, 3.05) is 0 Å². The number of carboxylic acid groups (broad SMARTS) is 1. The van der Waals surface area contributed by atoms with E-state index >= 15 is 0 Å². The van der Waals surface area contributed by atoms with Gasteiger partial charge in [-0.3, -0.25) is 9.59 Å². The quantitative estimate of drug-likeness (QED) is 0.832. The minimum absolute atomic E-state index is 0.0268. The molecule has 0 aliphatic heterocycles. The number of carbonyl (C=O) groups excluding carboxylic acids is 1. The van der Waals surface area contributed by atoms with Crippen molar-refractivity contribution in [2.24, 2.45) is 5.92 Å². The number of hydrogen-bond donors (Lipinski definition) is 2. The van der Waals surface area contributed by atoms with E-state index in [0.29, 0.717) is 25.7 Å². The first-order valence-corrected chi connectivity index (χ1v) is 7.32. The molecule has 21 heavy (non-hydrogen) atoms. The van der Waals surface area contributed by atoms with Gasteiger partial charge in [0.05, 0.1) is 21.5 Å². The number of benzene rings is 1. The number of carboxylic acids is 1. The topological polar surface area (TPSA) is 66.4 Å². The number of halogens is 3. The zero-order valence-electron chi connectivity index (χ0n) is 11.0. The van der Waals surface area contributed by atoms with Crippen molar-refractivity contribution in [3.63, 3.8) is 0 Å². The molecule has 114 valence electrons. The van der Waals surface area contributed by atoms with Gasteiger partial charge in [0.15, 0.2) is 0 Å². The molecular formula is C14H14Cl2FNO3. The number of hydrogen-bond acceptors (Lipinski definition) is 2. The predicted molar refractivity (Wildman–Crippen MR) is 77.3 cm³/mol. The average Bonchev–Trinajstić information content (AvgIpc) is 2.43. The van der Waals surface area contributed by atoms with Gasteiger partial charge in [-0.05, 0) is 37.8 Å². The molecule has 2 N–H and O–H groups in total. The Bertz CT molecular complexity index is 572. The van der Waals surface area contributed by atoms with Gasteiger partial charge >= 0.3 is 5.97 Å². The maximum atomic E-state index is 13.4. The first-order valence-electron chi connectivity index (χ1n) is 6.56. The standard InChI is InChI=1S/C14H14Cl2FNO3/c15-10-6-11(16)12(17)5-9(10)13(19)18-8-3-1-7(2-4-8)14(20)21/h5-8H,1-4H2,(H,18,19)(H,20,21). The van der Waals surface area contributed by atoms with E-state index in [-0.39, 0.29) is 27.6 Å². The summed E-state index contributed by atoms with van der Waals surface area (Å²) < 4.78 is 13.4. The fourth-order valence-electron chi connectivity index (χ4n) is 2.44. The smallest absolute Gasteiger partial charge is 0.306 e. The summed E-state index contributed by atoms with van der Waals surface area (Å²) in [7, 11) is 0. The van der Waals surface area contributed by atoms with Crippen LogP contribution in [-0.4, -0.2) is 23.0 Å². The van der Waals surface area contributed by atoms with Crippen molar-refractivity contribution in [3.05, 3.63) is 33.6 Å². The Morgan fingerprint density at radius 3 is 2.33 bits per heavy atom. The molecule has 2 rings (SSSR count). The van der Waals surface area contributed by atoms with Gasteiger partial charge in [0.1, 0.15) is 5.82 Å². The van der Waals surface area contributed by atoms with Crippen LogP contribution in [0.25, 0.3) is 0 Å². The van der Waals surface area contributed by atoms with Crippen molar-refractivity contribution in [3.8, 4) is 0 Å². The maximum absolute atomic E-state index is 13.4. The molecule has 0 aromatic heterocycles. The SMILES string of the molecule is O=C(NC1CCC(C(=O)O)CC1)c1cc(F)c(Cl)cc1Cl. The Morgan fingerprint density at radius 1 is 1.14 bits per heavy atom. The van der Waals surface area contributed by atoms with E-state index in [4.69, 9.17) is 28.3 Å². The molecule has 1 amide bonds. The summed E-state index contributed by atoms with van der Waals surface area (Å²) in [5.41, 5.74) is 0.0268. The molecule has 0 unspecified atom stereocenters. The summed E-state index contributed by atoms with van der Waals surface area (Å²) >= 11 is 11.5. The van der Waals surface area contributed by atoms with Crippen molar-refractivity contribution in [1.82, 2.24) is 5.32 Å². The van der Waals surface area contributed by atoms with Crippen LogP contribution in [0.2, 0.25) is 10.0 Å². The second kappa shape index (κ2) is 6.62.